The largest absolute Gasteiger partial charge is 0.668 e. The van der Waals surface area contributed by atoms with Crippen LogP contribution in [0.25, 0.3) is 0 Å². The molecular formula is C20H26BN4O7-. The van der Waals surface area contributed by atoms with E-state index in [0.29, 0.717) is 38.3 Å². The van der Waals surface area contributed by atoms with Crippen LogP contribution >= 0.6 is 0 Å². The minimum absolute atomic E-state index is 0.0643. The molecule has 1 aromatic rings. The summed E-state index contributed by atoms with van der Waals surface area (Å²) < 4.78 is 11.2. The maximum Gasteiger partial charge on any atom is 0.446 e. The molecule has 1 saturated heterocycles. The van der Waals surface area contributed by atoms with E-state index in [1.165, 1.54) is 6.07 Å². The van der Waals surface area contributed by atoms with Crippen LogP contribution in [0.1, 0.15) is 28.8 Å². The highest BCUT2D eigenvalue weighted by Gasteiger charge is 2.48. The first-order valence-electron chi connectivity index (χ1n) is 10.4. The van der Waals surface area contributed by atoms with E-state index >= 15 is 0 Å². The van der Waals surface area contributed by atoms with Crippen molar-refractivity contribution < 1.29 is 34.1 Å². The number of hydrogen-bond acceptors (Lipinski definition) is 9. The third kappa shape index (κ3) is 3.89. The van der Waals surface area contributed by atoms with Crippen LogP contribution in [0.15, 0.2) is 12.1 Å². The smallest absolute Gasteiger partial charge is 0.446 e. The Balaban J connectivity index is 1.44. The zero-order valence-corrected chi connectivity index (χ0v) is 17.6. The predicted molar refractivity (Wildman–Crippen MR) is 114 cm³/mol. The van der Waals surface area contributed by atoms with Gasteiger partial charge in [-0.2, -0.15) is 0 Å². The Morgan fingerprint density at radius 1 is 1.38 bits per heavy atom. The van der Waals surface area contributed by atoms with Crippen LogP contribution in [0, 0.1) is 11.8 Å². The number of nitrogens with two attached hydrogens (primary N) is 2. The van der Waals surface area contributed by atoms with Gasteiger partial charge in [0, 0.05) is 50.0 Å². The summed E-state index contributed by atoms with van der Waals surface area (Å²) in [6.07, 6.45) is -0.326. The third-order valence-corrected chi connectivity index (χ3v) is 5.94. The fourth-order valence-corrected chi connectivity index (χ4v) is 4.22. The second-order valence-corrected chi connectivity index (χ2v) is 8.73. The number of likely N-dealkylation sites (tertiary alicyclic amines) is 1. The van der Waals surface area contributed by atoms with Gasteiger partial charge in [-0.25, -0.2) is 4.79 Å². The normalized spacial score (nSPS) is 24.8. The Kier molecular flexibility index (Phi) is 5.56. The first kappa shape index (κ1) is 22.4. The summed E-state index contributed by atoms with van der Waals surface area (Å²) in [6.45, 7) is 0.177. The van der Waals surface area contributed by atoms with E-state index in [2.05, 4.69) is 17.2 Å². The van der Waals surface area contributed by atoms with Crippen LogP contribution < -0.4 is 26.2 Å². The summed E-state index contributed by atoms with van der Waals surface area (Å²) >= 11 is 0. The lowest BCUT2D eigenvalue weighted by Gasteiger charge is -2.47. The average Bonchev–Trinajstić information content (AvgIpc) is 2.63. The van der Waals surface area contributed by atoms with Gasteiger partial charge >= 0.3 is 12.7 Å². The van der Waals surface area contributed by atoms with Gasteiger partial charge in [0.05, 0.1) is 5.75 Å². The van der Waals surface area contributed by atoms with E-state index < -0.39 is 30.0 Å². The molecule has 1 unspecified atom stereocenters. The van der Waals surface area contributed by atoms with Crippen molar-refractivity contribution in [1.29, 1.82) is 0 Å². The van der Waals surface area contributed by atoms with Gasteiger partial charge in [-0.1, -0.05) is 12.0 Å². The average molecular weight is 445 g/mol. The molecule has 0 spiro atoms. The molecule has 0 radical (unpaired) electrons. The van der Waals surface area contributed by atoms with Crippen molar-refractivity contribution in [3.63, 3.8) is 0 Å². The first-order valence-corrected chi connectivity index (χ1v) is 10.4. The molecule has 8 N–H and O–H groups in total. The molecule has 1 aliphatic carbocycles. The SMILES string of the molecule is CC(N)(CN1CC(Oc2ccc3c(c2C(=O)O)O[B-](O)(O)[C@@H]2C#C[C@H]32)C1)C(=O)NCCN. The first-order chi connectivity index (χ1) is 15.0. The molecule has 172 valence electrons. The number of rotatable bonds is 8. The van der Waals surface area contributed by atoms with E-state index in [9.17, 15) is 24.7 Å². The van der Waals surface area contributed by atoms with Crippen LogP contribution in [0.4, 0.5) is 0 Å². The number of ether oxygens (including phenoxy) is 1. The molecule has 1 aromatic carbocycles. The van der Waals surface area contributed by atoms with Crippen LogP contribution in [-0.4, -0.2) is 83.1 Å². The molecule has 3 atom stereocenters. The van der Waals surface area contributed by atoms with Gasteiger partial charge in [0.25, 0.3) is 0 Å². The predicted octanol–water partition coefficient (Wildman–Crippen LogP) is -1.97. The van der Waals surface area contributed by atoms with Crippen molar-refractivity contribution in [2.75, 3.05) is 32.7 Å². The maximum absolute atomic E-state index is 12.2. The Morgan fingerprint density at radius 3 is 2.69 bits per heavy atom. The van der Waals surface area contributed by atoms with Crippen molar-refractivity contribution >= 4 is 18.6 Å². The van der Waals surface area contributed by atoms with E-state index in [1.807, 2.05) is 4.90 Å². The Morgan fingerprint density at radius 2 is 2.09 bits per heavy atom. The maximum atomic E-state index is 12.2. The van der Waals surface area contributed by atoms with Crippen molar-refractivity contribution in [2.45, 2.75) is 30.3 Å². The third-order valence-electron chi connectivity index (χ3n) is 5.94. The highest BCUT2D eigenvalue weighted by atomic mass is 16.6. The molecule has 1 fully saturated rings. The van der Waals surface area contributed by atoms with Gasteiger partial charge < -0.3 is 41.3 Å². The lowest BCUT2D eigenvalue weighted by atomic mass is 9.52. The fraction of sp³-hybridized carbons (Fsp3) is 0.500. The number of carbonyl (C=O) groups is 2. The van der Waals surface area contributed by atoms with Crippen LogP contribution in [0.3, 0.4) is 0 Å². The minimum atomic E-state index is -3.29. The van der Waals surface area contributed by atoms with Crippen molar-refractivity contribution in [2.24, 2.45) is 11.5 Å². The second-order valence-electron chi connectivity index (χ2n) is 8.73. The summed E-state index contributed by atoms with van der Waals surface area (Å²) in [7, 11) is 0. The summed E-state index contributed by atoms with van der Waals surface area (Å²) in [4.78, 5) is 26.1. The number of carbonyl (C=O) groups excluding carboxylic acids is 1. The molecule has 1 amide bonds. The zero-order valence-electron chi connectivity index (χ0n) is 17.6. The van der Waals surface area contributed by atoms with Crippen LogP contribution in [0.5, 0.6) is 11.5 Å². The zero-order chi connectivity index (χ0) is 23.3. The number of benzene rings is 1. The van der Waals surface area contributed by atoms with Gasteiger partial charge in [0.1, 0.15) is 23.0 Å². The molecule has 12 heteroatoms. The number of aromatic carboxylic acids is 1. The van der Waals surface area contributed by atoms with Gasteiger partial charge in [0.2, 0.25) is 5.91 Å². The highest BCUT2D eigenvalue weighted by molar-refractivity contribution is 6.62. The number of nitrogens with zero attached hydrogens (tertiary/aromatic N) is 1. The summed E-state index contributed by atoms with van der Waals surface area (Å²) in [5.41, 5.74) is 10.6. The number of hydrogen-bond donors (Lipinski definition) is 6. The van der Waals surface area contributed by atoms with Gasteiger partial charge in [-0.3, -0.25) is 9.69 Å². The van der Waals surface area contributed by atoms with Gasteiger partial charge in [-0.15, -0.1) is 5.92 Å². The van der Waals surface area contributed by atoms with Crippen molar-refractivity contribution in [1.82, 2.24) is 10.2 Å². The molecule has 3 aliphatic rings. The molecule has 32 heavy (non-hydrogen) atoms. The molecule has 11 nitrogen and oxygen atoms in total. The van der Waals surface area contributed by atoms with E-state index in [4.69, 9.17) is 20.9 Å². The molecular weight excluding hydrogens is 419 g/mol. The van der Waals surface area contributed by atoms with E-state index in [1.54, 1.807) is 13.0 Å². The molecule has 0 aromatic heterocycles. The summed E-state index contributed by atoms with van der Waals surface area (Å²) in [5.74, 6) is 2.55. The molecule has 4 rings (SSSR count). The number of fused-ring (bicyclic) bond motifs is 3. The summed E-state index contributed by atoms with van der Waals surface area (Å²) in [6, 6.07) is 3.18. The number of carboxylic acid groups (broad SMARTS) is 1. The van der Waals surface area contributed by atoms with Gasteiger partial charge in [-0.05, 0) is 13.0 Å². The second kappa shape index (κ2) is 7.95. The van der Waals surface area contributed by atoms with Gasteiger partial charge in [0.15, 0.2) is 0 Å². The molecule has 2 heterocycles. The lowest BCUT2D eigenvalue weighted by molar-refractivity contribution is -0.127. The standard InChI is InChI=1S/C20H26BN4O7/c1-20(23,19(28)24-7-6-22)10-25-8-11(9-25)31-15-5-3-13-12-2-4-14(12)21(29,30)32-17(13)16(15)18(26)27/h3,5,11-12,14,29-30H,6-10,22-23H2,1H3,(H,24,28)(H,26,27)/q-1/t12-,14-,20?/m1/s1. The van der Waals surface area contributed by atoms with E-state index in [0.717, 1.165) is 0 Å². The van der Waals surface area contributed by atoms with Crippen LogP contribution in [0.2, 0.25) is 5.82 Å². The monoisotopic (exact) mass is 445 g/mol. The Hall–Kier alpha value is -2.82. The topological polar surface area (TPSA) is 181 Å². The molecule has 0 saturated carbocycles. The number of nitrogens with one attached hydrogen (secondary N) is 1. The highest BCUT2D eigenvalue weighted by Crippen LogP contribution is 2.51. The number of amides is 1. The van der Waals surface area contributed by atoms with Crippen molar-refractivity contribution in [3.05, 3.63) is 23.3 Å². The molecule has 2 aliphatic heterocycles. The van der Waals surface area contributed by atoms with E-state index in [-0.39, 0.29) is 29.1 Å². The lowest BCUT2D eigenvalue weighted by Crippen LogP contribution is -2.64. The Bertz CT molecular complexity index is 1010. The minimum Gasteiger partial charge on any atom is -0.668 e. The van der Waals surface area contributed by atoms with Crippen LogP contribution in [-0.2, 0) is 4.79 Å². The quantitative estimate of drug-likeness (QED) is 0.194. The number of carboxylic acids is 1. The fourth-order valence-electron chi connectivity index (χ4n) is 4.22. The Labute approximate surface area is 184 Å². The summed E-state index contributed by atoms with van der Waals surface area (Å²) in [5, 5.41) is 32.8. The van der Waals surface area contributed by atoms with Crippen molar-refractivity contribution in [3.8, 4) is 23.3 Å². The molecule has 0 bridgehead atoms.